The number of hydrazone groups is 1. The maximum Gasteiger partial charge on any atom is 0.203 e. The molecule has 0 unspecified atom stereocenters. The highest BCUT2D eigenvalue weighted by atomic mass is 35.5. The molecular weight excluding hydrogens is 330 g/mol. The van der Waals surface area contributed by atoms with E-state index in [2.05, 4.69) is 15.5 Å². The van der Waals surface area contributed by atoms with Crippen LogP contribution in [-0.2, 0) is 0 Å². The number of hydrogen-bond acceptors (Lipinski definition) is 5. The number of thiazole rings is 1. The first-order chi connectivity index (χ1) is 11.3. The Labute approximate surface area is 143 Å². The van der Waals surface area contributed by atoms with Crippen molar-refractivity contribution in [1.82, 2.24) is 4.98 Å². The summed E-state index contributed by atoms with van der Waals surface area (Å²) in [4.78, 5) is 4.51. The first-order valence-corrected chi connectivity index (χ1v) is 8.15. The molecule has 0 amide bonds. The average Bonchev–Trinajstić information content (AvgIpc) is 3.05. The number of aromatic nitrogens is 1. The van der Waals surface area contributed by atoms with Crippen LogP contribution >= 0.6 is 22.9 Å². The van der Waals surface area contributed by atoms with E-state index in [1.165, 1.54) is 11.3 Å². The standard InChI is InChI=1S/C17H14ClN3OS/c1-22-16-8-7-14(18)9-13(16)10-19-21-17-20-15(11-23-17)12-5-3-2-4-6-12/h2-11H,1H3,(H,20,21). The minimum absolute atomic E-state index is 0.632. The van der Waals surface area contributed by atoms with Gasteiger partial charge in [0.25, 0.3) is 0 Å². The number of nitrogens with one attached hydrogen (secondary N) is 1. The fourth-order valence-electron chi connectivity index (χ4n) is 2.03. The number of halogens is 1. The zero-order valence-corrected chi connectivity index (χ0v) is 13.9. The van der Waals surface area contributed by atoms with Gasteiger partial charge in [-0.05, 0) is 18.2 Å². The fourth-order valence-corrected chi connectivity index (χ4v) is 2.88. The second-order valence-corrected chi connectivity index (χ2v) is 5.95. The van der Waals surface area contributed by atoms with E-state index >= 15 is 0 Å². The van der Waals surface area contributed by atoms with E-state index in [9.17, 15) is 0 Å². The summed E-state index contributed by atoms with van der Waals surface area (Å²) in [6.07, 6.45) is 1.66. The number of nitrogens with zero attached hydrogens (tertiary/aromatic N) is 2. The molecule has 3 aromatic rings. The molecule has 6 heteroatoms. The van der Waals surface area contributed by atoms with Crippen LogP contribution in [0, 0.1) is 0 Å². The van der Waals surface area contributed by atoms with Crippen LogP contribution < -0.4 is 10.2 Å². The van der Waals surface area contributed by atoms with Gasteiger partial charge >= 0.3 is 0 Å². The highest BCUT2D eigenvalue weighted by Gasteiger charge is 2.04. The Kier molecular flexibility index (Phi) is 4.90. The summed E-state index contributed by atoms with van der Waals surface area (Å²) < 4.78 is 5.27. The van der Waals surface area contributed by atoms with Crippen LogP contribution in [0.3, 0.4) is 0 Å². The highest BCUT2D eigenvalue weighted by molar-refractivity contribution is 7.14. The van der Waals surface area contributed by atoms with Gasteiger partial charge in [-0.2, -0.15) is 5.10 Å². The quantitative estimate of drug-likeness (QED) is 0.528. The van der Waals surface area contributed by atoms with E-state index in [1.807, 2.05) is 35.7 Å². The topological polar surface area (TPSA) is 46.5 Å². The molecule has 0 aliphatic heterocycles. The monoisotopic (exact) mass is 343 g/mol. The lowest BCUT2D eigenvalue weighted by atomic mass is 10.2. The normalized spacial score (nSPS) is 10.9. The maximum absolute atomic E-state index is 5.99. The summed E-state index contributed by atoms with van der Waals surface area (Å²) in [5.41, 5.74) is 5.74. The summed E-state index contributed by atoms with van der Waals surface area (Å²) in [6, 6.07) is 15.4. The smallest absolute Gasteiger partial charge is 0.203 e. The van der Waals surface area contributed by atoms with Crippen molar-refractivity contribution in [1.29, 1.82) is 0 Å². The molecular formula is C17H14ClN3OS. The van der Waals surface area contributed by atoms with Crippen LogP contribution in [0.15, 0.2) is 59.0 Å². The Balaban J connectivity index is 1.72. The Morgan fingerprint density at radius 3 is 2.83 bits per heavy atom. The van der Waals surface area contributed by atoms with E-state index in [0.717, 1.165) is 22.0 Å². The van der Waals surface area contributed by atoms with Gasteiger partial charge in [-0.25, -0.2) is 4.98 Å². The molecule has 2 aromatic carbocycles. The van der Waals surface area contributed by atoms with Gasteiger partial charge in [0, 0.05) is 21.5 Å². The number of anilines is 1. The van der Waals surface area contributed by atoms with Crippen LogP contribution in [0.1, 0.15) is 5.56 Å². The van der Waals surface area contributed by atoms with Crippen molar-refractivity contribution in [2.45, 2.75) is 0 Å². The number of methoxy groups -OCH3 is 1. The molecule has 0 bridgehead atoms. The molecule has 3 rings (SSSR count). The van der Waals surface area contributed by atoms with Crippen molar-refractivity contribution in [2.24, 2.45) is 5.10 Å². The third kappa shape index (κ3) is 3.88. The number of benzene rings is 2. The lowest BCUT2D eigenvalue weighted by molar-refractivity contribution is 0.414. The van der Waals surface area contributed by atoms with Crippen molar-refractivity contribution in [3.63, 3.8) is 0 Å². The van der Waals surface area contributed by atoms with Gasteiger partial charge in [-0.3, -0.25) is 5.43 Å². The minimum Gasteiger partial charge on any atom is -0.496 e. The van der Waals surface area contributed by atoms with Crippen molar-refractivity contribution >= 4 is 34.3 Å². The third-order valence-electron chi connectivity index (χ3n) is 3.13. The summed E-state index contributed by atoms with van der Waals surface area (Å²) in [6.45, 7) is 0. The van der Waals surface area contributed by atoms with Crippen molar-refractivity contribution in [2.75, 3.05) is 12.5 Å². The summed E-state index contributed by atoms with van der Waals surface area (Å²) >= 11 is 7.49. The van der Waals surface area contributed by atoms with Crippen molar-refractivity contribution in [3.05, 3.63) is 64.5 Å². The SMILES string of the molecule is COc1ccc(Cl)cc1C=NNc1nc(-c2ccccc2)cs1. The number of ether oxygens (including phenoxy) is 1. The molecule has 4 nitrogen and oxygen atoms in total. The van der Waals surface area contributed by atoms with Crippen LogP contribution in [0.5, 0.6) is 5.75 Å². The molecule has 23 heavy (non-hydrogen) atoms. The molecule has 116 valence electrons. The van der Waals surface area contributed by atoms with Crippen LogP contribution in [0.2, 0.25) is 5.02 Å². The Hall–Kier alpha value is -2.37. The van der Waals surface area contributed by atoms with Crippen LogP contribution in [-0.4, -0.2) is 18.3 Å². The Bertz CT molecular complexity index is 818. The van der Waals surface area contributed by atoms with Crippen LogP contribution in [0.25, 0.3) is 11.3 Å². The van der Waals surface area contributed by atoms with Crippen molar-refractivity contribution in [3.8, 4) is 17.0 Å². The second kappa shape index (κ2) is 7.26. The molecule has 0 spiro atoms. The molecule has 0 saturated heterocycles. The molecule has 1 N–H and O–H groups in total. The number of rotatable bonds is 5. The highest BCUT2D eigenvalue weighted by Crippen LogP contribution is 2.25. The van der Waals surface area contributed by atoms with Gasteiger partial charge in [0.1, 0.15) is 5.75 Å². The van der Waals surface area contributed by atoms with Gasteiger partial charge in [0.2, 0.25) is 5.13 Å². The predicted molar refractivity (Wildman–Crippen MR) is 96.8 cm³/mol. The first-order valence-electron chi connectivity index (χ1n) is 6.90. The van der Waals surface area contributed by atoms with Gasteiger partial charge in [-0.15, -0.1) is 11.3 Å². The average molecular weight is 344 g/mol. The van der Waals surface area contributed by atoms with Gasteiger partial charge in [0.15, 0.2) is 0 Å². The van der Waals surface area contributed by atoms with Crippen molar-refractivity contribution < 1.29 is 4.74 Å². The molecule has 0 aliphatic carbocycles. The summed E-state index contributed by atoms with van der Waals surface area (Å²) in [5, 5.41) is 7.55. The molecule has 1 heterocycles. The predicted octanol–water partition coefficient (Wildman–Crippen LogP) is 4.92. The van der Waals surface area contributed by atoms with E-state index in [1.54, 1.807) is 31.5 Å². The molecule has 0 radical (unpaired) electrons. The van der Waals surface area contributed by atoms with Crippen LogP contribution in [0.4, 0.5) is 5.13 Å². The third-order valence-corrected chi connectivity index (χ3v) is 4.11. The zero-order chi connectivity index (χ0) is 16.1. The minimum atomic E-state index is 0.632. The molecule has 1 aromatic heterocycles. The van der Waals surface area contributed by atoms with E-state index in [-0.39, 0.29) is 0 Å². The lowest BCUT2D eigenvalue weighted by Crippen LogP contribution is -1.94. The van der Waals surface area contributed by atoms with E-state index < -0.39 is 0 Å². The second-order valence-electron chi connectivity index (χ2n) is 4.66. The van der Waals surface area contributed by atoms with Gasteiger partial charge < -0.3 is 4.74 Å². The Morgan fingerprint density at radius 1 is 1.22 bits per heavy atom. The molecule has 0 atom stereocenters. The van der Waals surface area contributed by atoms with E-state index in [0.29, 0.717) is 10.8 Å². The van der Waals surface area contributed by atoms with Gasteiger partial charge in [0.05, 0.1) is 19.0 Å². The molecule has 0 fully saturated rings. The fraction of sp³-hybridized carbons (Fsp3) is 0.0588. The molecule has 0 aliphatic rings. The largest absolute Gasteiger partial charge is 0.496 e. The lowest BCUT2D eigenvalue weighted by Gasteiger charge is -2.04. The van der Waals surface area contributed by atoms with E-state index in [4.69, 9.17) is 16.3 Å². The summed E-state index contributed by atoms with van der Waals surface area (Å²) in [5.74, 6) is 0.712. The van der Waals surface area contributed by atoms with Gasteiger partial charge in [-0.1, -0.05) is 41.9 Å². The Morgan fingerprint density at radius 2 is 2.04 bits per heavy atom. The molecule has 0 saturated carbocycles. The zero-order valence-electron chi connectivity index (χ0n) is 12.4. The maximum atomic E-state index is 5.99. The first kappa shape index (κ1) is 15.5. The number of hydrogen-bond donors (Lipinski definition) is 1. The summed E-state index contributed by atoms with van der Waals surface area (Å²) in [7, 11) is 1.61.